The number of halogens is 1. The summed E-state index contributed by atoms with van der Waals surface area (Å²) in [5.74, 6) is 0.0127. The molecule has 0 bridgehead atoms. The Kier molecular flexibility index (Phi) is 3.33. The number of hydrogen-bond donors (Lipinski definition) is 1. The van der Waals surface area contributed by atoms with Crippen molar-refractivity contribution in [2.45, 2.75) is 32.5 Å². The summed E-state index contributed by atoms with van der Waals surface area (Å²) in [4.78, 5) is 17.9. The van der Waals surface area contributed by atoms with E-state index >= 15 is 0 Å². The molecule has 0 spiro atoms. The third kappa shape index (κ3) is 2.47. The average molecular weight is 295 g/mol. The fourth-order valence-electron chi connectivity index (χ4n) is 2.82. The Morgan fingerprint density at radius 3 is 3.15 bits per heavy atom. The number of carbonyl (C=O) groups is 1. The lowest BCUT2D eigenvalue weighted by Gasteiger charge is -2.24. The molecule has 0 aliphatic carbocycles. The van der Waals surface area contributed by atoms with Gasteiger partial charge in [-0.15, -0.1) is 0 Å². The van der Waals surface area contributed by atoms with Crippen molar-refractivity contribution in [2.24, 2.45) is 10.1 Å². The van der Waals surface area contributed by atoms with Gasteiger partial charge in [-0.05, 0) is 13.3 Å². The standard InChI is InChI=1S/C13H16ClN5O/c1-8-6-19-13(15-8)11(5-12(14)17-19)18-4-3-10(7-18)16-9(2)20/h5-6,10,13H,3-4,7H2,1-2H3/p+1/t10-,13?/m1/s1. The van der Waals surface area contributed by atoms with Crippen LogP contribution in [0, 0.1) is 0 Å². The largest absolute Gasteiger partial charge is 0.365 e. The fourth-order valence-corrected chi connectivity index (χ4v) is 3.02. The van der Waals surface area contributed by atoms with Crippen LogP contribution >= 0.6 is 11.6 Å². The quantitative estimate of drug-likeness (QED) is 0.755. The lowest BCUT2D eigenvalue weighted by atomic mass is 10.2. The van der Waals surface area contributed by atoms with Gasteiger partial charge in [-0.1, -0.05) is 16.3 Å². The molecule has 0 aromatic heterocycles. The molecular formula is C13H17ClN5O+. The van der Waals surface area contributed by atoms with Crippen LogP contribution in [0.4, 0.5) is 0 Å². The molecule has 0 radical (unpaired) electrons. The average Bonchev–Trinajstić information content (AvgIpc) is 2.93. The Morgan fingerprint density at radius 1 is 1.60 bits per heavy atom. The molecule has 3 rings (SSSR count). The molecule has 3 aliphatic rings. The predicted molar refractivity (Wildman–Crippen MR) is 78.4 cm³/mol. The van der Waals surface area contributed by atoms with Gasteiger partial charge < -0.3 is 10.2 Å². The van der Waals surface area contributed by atoms with E-state index in [-0.39, 0.29) is 18.1 Å². The van der Waals surface area contributed by atoms with Crippen molar-refractivity contribution in [3.05, 3.63) is 11.8 Å². The molecule has 2 atom stereocenters. The SMILES string of the molecule is CC(=O)N[C@@H]1CCN(C2=CC(Cl)=N[N+]3=CC(C)=NC23)C1. The van der Waals surface area contributed by atoms with Crippen LogP contribution in [0.1, 0.15) is 20.3 Å². The van der Waals surface area contributed by atoms with Gasteiger partial charge in [0.1, 0.15) is 11.4 Å². The van der Waals surface area contributed by atoms with Crippen LogP contribution in [-0.4, -0.2) is 57.9 Å². The molecule has 0 saturated carbocycles. The Morgan fingerprint density at radius 2 is 2.40 bits per heavy atom. The first-order valence-electron chi connectivity index (χ1n) is 6.68. The topological polar surface area (TPSA) is 60.1 Å². The van der Waals surface area contributed by atoms with Crippen LogP contribution in [-0.2, 0) is 4.79 Å². The summed E-state index contributed by atoms with van der Waals surface area (Å²) in [7, 11) is 0. The third-order valence-corrected chi connectivity index (χ3v) is 3.78. The number of allylic oxidation sites excluding steroid dienone is 1. The summed E-state index contributed by atoms with van der Waals surface area (Å²) in [6.07, 6.45) is 4.58. The van der Waals surface area contributed by atoms with E-state index in [4.69, 9.17) is 11.6 Å². The summed E-state index contributed by atoms with van der Waals surface area (Å²) < 4.78 is 1.79. The van der Waals surface area contributed by atoms with Gasteiger partial charge in [-0.3, -0.25) is 4.79 Å². The Balaban J connectivity index is 1.79. The molecule has 3 aliphatic heterocycles. The maximum atomic E-state index is 11.1. The molecule has 106 valence electrons. The lowest BCUT2D eigenvalue weighted by molar-refractivity contribution is -0.554. The van der Waals surface area contributed by atoms with Gasteiger partial charge in [-0.25, -0.2) is 4.99 Å². The zero-order chi connectivity index (χ0) is 14.3. The molecule has 1 fully saturated rings. The van der Waals surface area contributed by atoms with Crippen molar-refractivity contribution in [3.63, 3.8) is 0 Å². The van der Waals surface area contributed by atoms with Gasteiger partial charge in [0.15, 0.2) is 5.17 Å². The highest BCUT2D eigenvalue weighted by molar-refractivity contribution is 6.68. The van der Waals surface area contributed by atoms with E-state index in [1.165, 1.54) is 0 Å². The summed E-state index contributed by atoms with van der Waals surface area (Å²) in [6.45, 7) is 5.17. The normalized spacial score (nSPS) is 28.4. The van der Waals surface area contributed by atoms with Crippen molar-refractivity contribution >= 4 is 34.6 Å². The van der Waals surface area contributed by atoms with E-state index in [1.807, 2.05) is 19.2 Å². The van der Waals surface area contributed by atoms with Gasteiger partial charge >= 0.3 is 6.17 Å². The zero-order valence-corrected chi connectivity index (χ0v) is 12.3. The van der Waals surface area contributed by atoms with Crippen molar-refractivity contribution < 1.29 is 9.48 Å². The fraction of sp³-hybridized carbons (Fsp3) is 0.538. The van der Waals surface area contributed by atoms with Crippen molar-refractivity contribution in [2.75, 3.05) is 13.1 Å². The first-order valence-corrected chi connectivity index (χ1v) is 7.06. The smallest absolute Gasteiger partial charge is 0.317 e. The van der Waals surface area contributed by atoms with Gasteiger partial charge in [0.2, 0.25) is 12.1 Å². The minimum atomic E-state index is -0.117. The maximum Gasteiger partial charge on any atom is 0.317 e. The molecule has 6 nitrogen and oxygen atoms in total. The van der Waals surface area contributed by atoms with E-state index in [2.05, 4.69) is 20.3 Å². The van der Waals surface area contributed by atoms with Crippen molar-refractivity contribution in [1.82, 2.24) is 10.2 Å². The number of rotatable bonds is 2. The molecule has 0 aromatic carbocycles. The molecule has 20 heavy (non-hydrogen) atoms. The van der Waals surface area contributed by atoms with Crippen LogP contribution in [0.15, 0.2) is 21.9 Å². The minimum absolute atomic E-state index is 0.0127. The molecular weight excluding hydrogens is 278 g/mol. The van der Waals surface area contributed by atoms with Gasteiger partial charge in [-0.2, -0.15) is 0 Å². The molecule has 0 aromatic rings. The summed E-state index contributed by atoms with van der Waals surface area (Å²) >= 11 is 6.09. The summed E-state index contributed by atoms with van der Waals surface area (Å²) in [6, 6.07) is 0.190. The van der Waals surface area contributed by atoms with Crippen molar-refractivity contribution in [1.29, 1.82) is 0 Å². The molecule has 1 saturated heterocycles. The minimum Gasteiger partial charge on any atom is -0.365 e. The predicted octanol–water partition coefficient (Wildman–Crippen LogP) is 0.530. The van der Waals surface area contributed by atoms with E-state index < -0.39 is 0 Å². The lowest BCUT2D eigenvalue weighted by Crippen LogP contribution is -2.38. The number of hydrogen-bond acceptors (Lipinski definition) is 4. The molecule has 1 N–H and O–H groups in total. The molecule has 1 unspecified atom stereocenters. The molecule has 1 amide bonds. The van der Waals surface area contributed by atoms with Gasteiger partial charge in [0.25, 0.3) is 0 Å². The molecule has 7 heteroatoms. The number of carbonyl (C=O) groups excluding carboxylic acids is 1. The van der Waals surface area contributed by atoms with Crippen LogP contribution in [0.2, 0.25) is 0 Å². The second-order valence-electron chi connectivity index (χ2n) is 5.28. The monoisotopic (exact) mass is 294 g/mol. The number of aliphatic imine (C=N–C) groups is 1. The van der Waals surface area contributed by atoms with Gasteiger partial charge in [0, 0.05) is 37.2 Å². The van der Waals surface area contributed by atoms with Crippen molar-refractivity contribution in [3.8, 4) is 0 Å². The third-order valence-electron chi connectivity index (χ3n) is 3.60. The Labute approximate surface area is 122 Å². The number of hydrazone groups is 1. The highest BCUT2D eigenvalue weighted by Gasteiger charge is 2.39. The summed E-state index contributed by atoms with van der Waals surface area (Å²) in [5, 5.41) is 7.68. The molecule has 3 heterocycles. The highest BCUT2D eigenvalue weighted by Crippen LogP contribution is 2.25. The first-order chi connectivity index (χ1) is 9.52. The van der Waals surface area contributed by atoms with E-state index in [1.54, 1.807) is 11.6 Å². The van der Waals surface area contributed by atoms with Crippen LogP contribution in [0.25, 0.3) is 0 Å². The number of fused-ring (bicyclic) bond motifs is 1. The zero-order valence-electron chi connectivity index (χ0n) is 11.5. The van der Waals surface area contributed by atoms with Gasteiger partial charge in [0.05, 0.1) is 0 Å². The number of likely N-dealkylation sites (tertiary alicyclic amines) is 1. The van der Waals surface area contributed by atoms with E-state index in [0.717, 1.165) is 30.9 Å². The second-order valence-corrected chi connectivity index (χ2v) is 5.66. The summed E-state index contributed by atoms with van der Waals surface area (Å²) in [5.41, 5.74) is 1.99. The van der Waals surface area contributed by atoms with Crippen LogP contribution in [0.3, 0.4) is 0 Å². The van der Waals surface area contributed by atoms with E-state index in [0.29, 0.717) is 5.17 Å². The number of nitrogens with zero attached hydrogens (tertiary/aromatic N) is 4. The second kappa shape index (κ2) is 5.01. The number of nitrogens with one attached hydrogen (secondary N) is 1. The van der Waals surface area contributed by atoms with E-state index in [9.17, 15) is 4.79 Å². The highest BCUT2D eigenvalue weighted by atomic mass is 35.5. The Hall–Kier alpha value is -1.69. The first kappa shape index (κ1) is 13.3. The Bertz CT molecular complexity index is 577. The number of amides is 1. The van der Waals surface area contributed by atoms with Crippen LogP contribution < -0.4 is 5.32 Å². The maximum absolute atomic E-state index is 11.1. The van der Waals surface area contributed by atoms with Crippen LogP contribution in [0.5, 0.6) is 0 Å².